The molecule has 0 bridgehead atoms. The molecule has 17 heavy (non-hydrogen) atoms. The molecule has 0 heterocycles. The Balaban J connectivity index is 2.76. The van der Waals surface area contributed by atoms with Gasteiger partial charge in [-0.1, -0.05) is 13.0 Å². The van der Waals surface area contributed by atoms with Gasteiger partial charge in [-0.3, -0.25) is 4.79 Å². The quantitative estimate of drug-likeness (QED) is 0.830. The Morgan fingerprint density at radius 1 is 1.41 bits per heavy atom. The topological polar surface area (TPSA) is 29.1 Å². The SMILES string of the molecule is CC(CCl)C(=O)NC(C)c1ccc(F)cc1F. The van der Waals surface area contributed by atoms with Crippen LogP contribution in [0.25, 0.3) is 0 Å². The highest BCUT2D eigenvalue weighted by molar-refractivity contribution is 6.19. The van der Waals surface area contributed by atoms with Crippen LogP contribution in [0.1, 0.15) is 25.5 Å². The Hall–Kier alpha value is -1.16. The van der Waals surface area contributed by atoms with Gasteiger partial charge in [0.15, 0.2) is 0 Å². The van der Waals surface area contributed by atoms with E-state index in [2.05, 4.69) is 5.32 Å². The van der Waals surface area contributed by atoms with Crippen molar-refractivity contribution < 1.29 is 13.6 Å². The maximum Gasteiger partial charge on any atom is 0.224 e. The molecule has 1 N–H and O–H groups in total. The first kappa shape index (κ1) is 13.9. The Bertz CT molecular complexity index is 411. The summed E-state index contributed by atoms with van der Waals surface area (Å²) >= 11 is 5.54. The van der Waals surface area contributed by atoms with Gasteiger partial charge in [0.25, 0.3) is 0 Å². The van der Waals surface area contributed by atoms with Crippen molar-refractivity contribution in [2.45, 2.75) is 19.9 Å². The first-order valence-electron chi connectivity index (χ1n) is 5.27. The second-order valence-electron chi connectivity index (χ2n) is 3.95. The monoisotopic (exact) mass is 261 g/mol. The number of carbonyl (C=O) groups is 1. The minimum absolute atomic E-state index is 0.199. The molecule has 0 spiro atoms. The smallest absolute Gasteiger partial charge is 0.224 e. The molecule has 0 radical (unpaired) electrons. The summed E-state index contributed by atoms with van der Waals surface area (Å²) in [5, 5.41) is 2.62. The predicted octanol–water partition coefficient (Wildman–Crippen LogP) is 3.02. The molecule has 1 aromatic rings. The number of benzene rings is 1. The van der Waals surface area contributed by atoms with Gasteiger partial charge in [-0.2, -0.15) is 0 Å². The lowest BCUT2D eigenvalue weighted by molar-refractivity contribution is -0.124. The first-order chi connectivity index (χ1) is 7.95. The van der Waals surface area contributed by atoms with E-state index in [0.29, 0.717) is 0 Å². The molecule has 0 aliphatic carbocycles. The van der Waals surface area contributed by atoms with E-state index in [1.165, 1.54) is 6.07 Å². The Labute approximate surface area is 104 Å². The Morgan fingerprint density at radius 3 is 2.59 bits per heavy atom. The third-order valence-electron chi connectivity index (χ3n) is 2.47. The zero-order chi connectivity index (χ0) is 13.0. The van der Waals surface area contributed by atoms with Crippen LogP contribution < -0.4 is 5.32 Å². The van der Waals surface area contributed by atoms with E-state index in [1.54, 1.807) is 13.8 Å². The standard InChI is InChI=1S/C12H14ClF2NO/c1-7(6-13)12(17)16-8(2)10-4-3-9(14)5-11(10)15/h3-5,7-8H,6H2,1-2H3,(H,16,17). The van der Waals surface area contributed by atoms with Crippen molar-refractivity contribution in [2.24, 2.45) is 5.92 Å². The van der Waals surface area contributed by atoms with Gasteiger partial charge in [-0.25, -0.2) is 8.78 Å². The number of alkyl halides is 1. The Kier molecular flexibility index (Phi) is 4.87. The van der Waals surface area contributed by atoms with E-state index in [4.69, 9.17) is 11.6 Å². The van der Waals surface area contributed by atoms with Crippen molar-refractivity contribution in [2.75, 3.05) is 5.88 Å². The molecule has 0 aliphatic rings. The zero-order valence-corrected chi connectivity index (χ0v) is 10.4. The number of halogens is 3. The van der Waals surface area contributed by atoms with Crippen LogP contribution in [0.2, 0.25) is 0 Å². The van der Waals surface area contributed by atoms with Gasteiger partial charge in [-0.15, -0.1) is 11.6 Å². The normalized spacial score (nSPS) is 14.2. The molecule has 2 unspecified atom stereocenters. The number of carbonyl (C=O) groups excluding carboxylic acids is 1. The summed E-state index contributed by atoms with van der Waals surface area (Å²) in [4.78, 5) is 11.5. The fourth-order valence-corrected chi connectivity index (χ4v) is 1.50. The summed E-state index contributed by atoms with van der Waals surface area (Å²) in [6.07, 6.45) is 0. The average molecular weight is 262 g/mol. The van der Waals surface area contributed by atoms with Crippen molar-refractivity contribution in [1.29, 1.82) is 0 Å². The highest BCUT2D eigenvalue weighted by Crippen LogP contribution is 2.18. The van der Waals surface area contributed by atoms with Crippen molar-refractivity contribution in [3.63, 3.8) is 0 Å². The fraction of sp³-hybridized carbons (Fsp3) is 0.417. The van der Waals surface area contributed by atoms with E-state index >= 15 is 0 Å². The molecule has 2 atom stereocenters. The molecule has 1 rings (SSSR count). The molecule has 0 aliphatic heterocycles. The number of hydrogen-bond acceptors (Lipinski definition) is 1. The third-order valence-corrected chi connectivity index (χ3v) is 2.93. The Morgan fingerprint density at radius 2 is 2.06 bits per heavy atom. The lowest BCUT2D eigenvalue weighted by Crippen LogP contribution is -2.32. The van der Waals surface area contributed by atoms with E-state index in [-0.39, 0.29) is 23.3 Å². The highest BCUT2D eigenvalue weighted by atomic mass is 35.5. The summed E-state index contributed by atoms with van der Waals surface area (Å²) in [6.45, 7) is 3.31. The molecule has 1 aromatic carbocycles. The van der Waals surface area contributed by atoms with Gasteiger partial charge in [0.1, 0.15) is 11.6 Å². The van der Waals surface area contributed by atoms with Crippen molar-refractivity contribution in [1.82, 2.24) is 5.32 Å². The van der Waals surface area contributed by atoms with E-state index in [1.807, 2.05) is 0 Å². The van der Waals surface area contributed by atoms with Crippen LogP contribution in [-0.2, 0) is 4.79 Å². The molecule has 0 saturated heterocycles. The van der Waals surface area contributed by atoms with Crippen molar-refractivity contribution in [3.05, 3.63) is 35.4 Å². The van der Waals surface area contributed by atoms with E-state index < -0.39 is 17.7 Å². The van der Waals surface area contributed by atoms with Gasteiger partial charge in [0, 0.05) is 23.4 Å². The van der Waals surface area contributed by atoms with Crippen LogP contribution >= 0.6 is 11.6 Å². The number of amides is 1. The van der Waals surface area contributed by atoms with Crippen LogP contribution in [-0.4, -0.2) is 11.8 Å². The lowest BCUT2D eigenvalue weighted by Gasteiger charge is -2.17. The molecule has 2 nitrogen and oxygen atoms in total. The van der Waals surface area contributed by atoms with E-state index in [0.717, 1.165) is 12.1 Å². The van der Waals surface area contributed by atoms with Crippen LogP contribution in [0.5, 0.6) is 0 Å². The van der Waals surface area contributed by atoms with Gasteiger partial charge in [-0.05, 0) is 13.0 Å². The largest absolute Gasteiger partial charge is 0.349 e. The van der Waals surface area contributed by atoms with Crippen LogP contribution in [0.3, 0.4) is 0 Å². The van der Waals surface area contributed by atoms with Crippen LogP contribution in [0, 0.1) is 17.6 Å². The minimum Gasteiger partial charge on any atom is -0.349 e. The summed E-state index contributed by atoms with van der Waals surface area (Å²) in [5.41, 5.74) is 0.251. The molecular weight excluding hydrogens is 248 g/mol. The number of rotatable bonds is 4. The predicted molar refractivity (Wildman–Crippen MR) is 62.8 cm³/mol. The fourth-order valence-electron chi connectivity index (χ4n) is 1.36. The maximum absolute atomic E-state index is 13.4. The van der Waals surface area contributed by atoms with Gasteiger partial charge >= 0.3 is 0 Å². The molecule has 1 amide bonds. The van der Waals surface area contributed by atoms with Gasteiger partial charge in [0.2, 0.25) is 5.91 Å². The summed E-state index contributed by atoms with van der Waals surface area (Å²) < 4.78 is 26.1. The second-order valence-corrected chi connectivity index (χ2v) is 4.26. The molecular formula is C12H14ClF2NO. The molecule has 94 valence electrons. The molecule has 5 heteroatoms. The molecule has 0 saturated carbocycles. The third kappa shape index (κ3) is 3.66. The lowest BCUT2D eigenvalue weighted by atomic mass is 10.1. The van der Waals surface area contributed by atoms with Crippen molar-refractivity contribution >= 4 is 17.5 Å². The summed E-state index contributed by atoms with van der Waals surface area (Å²) in [7, 11) is 0. The summed E-state index contributed by atoms with van der Waals surface area (Å²) in [6, 6.07) is 2.75. The number of hydrogen-bond donors (Lipinski definition) is 1. The van der Waals surface area contributed by atoms with Crippen LogP contribution in [0.15, 0.2) is 18.2 Å². The maximum atomic E-state index is 13.4. The van der Waals surface area contributed by atoms with E-state index in [9.17, 15) is 13.6 Å². The second kappa shape index (κ2) is 5.96. The molecule has 0 fully saturated rings. The average Bonchev–Trinajstić information content (AvgIpc) is 2.27. The highest BCUT2D eigenvalue weighted by Gasteiger charge is 2.17. The minimum atomic E-state index is -0.670. The molecule has 0 aromatic heterocycles. The summed E-state index contributed by atoms with van der Waals surface area (Å²) in [5.74, 6) is -1.71. The van der Waals surface area contributed by atoms with Crippen molar-refractivity contribution in [3.8, 4) is 0 Å². The van der Waals surface area contributed by atoms with Gasteiger partial charge in [0.05, 0.1) is 6.04 Å². The van der Waals surface area contributed by atoms with Crippen LogP contribution in [0.4, 0.5) is 8.78 Å². The number of nitrogens with one attached hydrogen (secondary N) is 1. The zero-order valence-electron chi connectivity index (χ0n) is 9.64. The first-order valence-corrected chi connectivity index (χ1v) is 5.80. The van der Waals surface area contributed by atoms with Gasteiger partial charge < -0.3 is 5.32 Å².